The SMILES string of the molecule is [C-]#[N+]c1ccc(Oc2ccc(CCNc3nc(Cl)ncc3Cl)cc2)nc1. The Hall–Kier alpha value is -2.88. The Morgan fingerprint density at radius 3 is 2.54 bits per heavy atom. The molecule has 2 heterocycles. The van der Waals surface area contributed by atoms with Crippen molar-refractivity contribution in [3.05, 3.63) is 76.1 Å². The van der Waals surface area contributed by atoms with Gasteiger partial charge in [0.05, 0.1) is 12.8 Å². The van der Waals surface area contributed by atoms with E-state index < -0.39 is 0 Å². The highest BCUT2D eigenvalue weighted by atomic mass is 35.5. The largest absolute Gasteiger partial charge is 0.439 e. The molecule has 2 aromatic heterocycles. The molecule has 1 N–H and O–H groups in total. The van der Waals surface area contributed by atoms with E-state index in [-0.39, 0.29) is 5.28 Å². The van der Waals surface area contributed by atoms with Gasteiger partial charge < -0.3 is 10.1 Å². The van der Waals surface area contributed by atoms with Crippen LogP contribution in [0.25, 0.3) is 4.85 Å². The maximum Gasteiger partial charge on any atom is 0.224 e. The zero-order valence-electron chi connectivity index (χ0n) is 13.5. The molecule has 8 heteroatoms. The maximum absolute atomic E-state index is 6.91. The average Bonchev–Trinajstić information content (AvgIpc) is 2.66. The van der Waals surface area contributed by atoms with E-state index in [1.807, 2.05) is 24.3 Å². The Balaban J connectivity index is 1.54. The predicted octanol–water partition coefficient (Wildman–Crippen LogP) is 5.18. The Labute approximate surface area is 160 Å². The molecular formula is C18H13Cl2N5O. The van der Waals surface area contributed by atoms with Crippen LogP contribution in [-0.4, -0.2) is 21.5 Å². The molecule has 3 rings (SSSR count). The van der Waals surface area contributed by atoms with Crippen LogP contribution in [0.1, 0.15) is 5.56 Å². The van der Waals surface area contributed by atoms with Gasteiger partial charge in [0.15, 0.2) is 0 Å². The summed E-state index contributed by atoms with van der Waals surface area (Å²) in [6, 6.07) is 11.0. The van der Waals surface area contributed by atoms with E-state index in [2.05, 4.69) is 25.1 Å². The van der Waals surface area contributed by atoms with Gasteiger partial charge in [-0.05, 0) is 47.9 Å². The monoisotopic (exact) mass is 385 g/mol. The van der Waals surface area contributed by atoms with Gasteiger partial charge in [0, 0.05) is 12.7 Å². The van der Waals surface area contributed by atoms with Crippen molar-refractivity contribution in [1.82, 2.24) is 15.0 Å². The quantitative estimate of drug-likeness (QED) is 0.467. The van der Waals surface area contributed by atoms with E-state index in [0.29, 0.717) is 34.7 Å². The Morgan fingerprint density at radius 1 is 1.04 bits per heavy atom. The second-order valence-electron chi connectivity index (χ2n) is 5.22. The third-order valence-corrected chi connectivity index (χ3v) is 3.88. The zero-order valence-corrected chi connectivity index (χ0v) is 15.0. The van der Waals surface area contributed by atoms with Crippen molar-refractivity contribution in [2.45, 2.75) is 6.42 Å². The molecule has 130 valence electrons. The van der Waals surface area contributed by atoms with Crippen LogP contribution in [0.2, 0.25) is 10.3 Å². The molecule has 0 atom stereocenters. The molecule has 0 aliphatic rings. The molecule has 26 heavy (non-hydrogen) atoms. The number of anilines is 1. The number of halogens is 2. The van der Waals surface area contributed by atoms with Crippen molar-refractivity contribution in [3.8, 4) is 11.6 Å². The summed E-state index contributed by atoms with van der Waals surface area (Å²) in [5, 5.41) is 3.71. The fourth-order valence-electron chi connectivity index (χ4n) is 2.14. The number of hydrogen-bond acceptors (Lipinski definition) is 5. The molecule has 3 aromatic rings. The number of benzene rings is 1. The lowest BCUT2D eigenvalue weighted by molar-refractivity contribution is 0.463. The summed E-state index contributed by atoms with van der Waals surface area (Å²) >= 11 is 11.8. The van der Waals surface area contributed by atoms with E-state index in [0.717, 1.165) is 12.0 Å². The fourth-order valence-corrected chi connectivity index (χ4v) is 2.43. The molecular weight excluding hydrogens is 373 g/mol. The number of aromatic nitrogens is 3. The fraction of sp³-hybridized carbons (Fsp3) is 0.111. The van der Waals surface area contributed by atoms with Gasteiger partial charge in [-0.2, -0.15) is 4.98 Å². The van der Waals surface area contributed by atoms with Crippen LogP contribution in [0.4, 0.5) is 11.5 Å². The average molecular weight is 386 g/mol. The summed E-state index contributed by atoms with van der Waals surface area (Å²) in [5.41, 5.74) is 1.60. The molecule has 0 bridgehead atoms. The highest BCUT2D eigenvalue weighted by Crippen LogP contribution is 2.22. The third kappa shape index (κ3) is 4.82. The van der Waals surface area contributed by atoms with Crippen LogP contribution in [-0.2, 0) is 6.42 Å². The van der Waals surface area contributed by atoms with Crippen LogP contribution in [0, 0.1) is 6.57 Å². The van der Waals surface area contributed by atoms with Crippen LogP contribution >= 0.6 is 23.2 Å². The summed E-state index contributed by atoms with van der Waals surface area (Å²) in [6.45, 7) is 7.56. The molecule has 0 aliphatic heterocycles. The minimum Gasteiger partial charge on any atom is -0.439 e. The van der Waals surface area contributed by atoms with Crippen molar-refractivity contribution in [2.24, 2.45) is 0 Å². The zero-order chi connectivity index (χ0) is 18.4. The Kier molecular flexibility index (Phi) is 5.84. The van der Waals surface area contributed by atoms with Gasteiger partial charge in [0.1, 0.15) is 16.6 Å². The topological polar surface area (TPSA) is 64.3 Å². The molecule has 0 amide bonds. The van der Waals surface area contributed by atoms with Gasteiger partial charge >= 0.3 is 0 Å². The lowest BCUT2D eigenvalue weighted by atomic mass is 10.1. The molecule has 0 aliphatic carbocycles. The third-order valence-electron chi connectivity index (χ3n) is 3.42. The van der Waals surface area contributed by atoms with Gasteiger partial charge in [-0.3, -0.25) is 0 Å². The van der Waals surface area contributed by atoms with Crippen molar-refractivity contribution < 1.29 is 4.74 Å². The first-order valence-corrected chi connectivity index (χ1v) is 8.42. The highest BCUT2D eigenvalue weighted by Gasteiger charge is 2.04. The van der Waals surface area contributed by atoms with E-state index in [9.17, 15) is 0 Å². The lowest BCUT2D eigenvalue weighted by Crippen LogP contribution is -2.07. The summed E-state index contributed by atoms with van der Waals surface area (Å²) in [7, 11) is 0. The number of rotatable bonds is 6. The van der Waals surface area contributed by atoms with E-state index in [1.54, 1.807) is 12.1 Å². The summed E-state index contributed by atoms with van der Waals surface area (Å²) in [4.78, 5) is 15.2. The van der Waals surface area contributed by atoms with Crippen molar-refractivity contribution >= 4 is 34.7 Å². The van der Waals surface area contributed by atoms with Crippen molar-refractivity contribution in [1.29, 1.82) is 0 Å². The second kappa shape index (κ2) is 8.48. The number of hydrogen-bond donors (Lipinski definition) is 1. The number of nitrogens with zero attached hydrogens (tertiary/aromatic N) is 4. The smallest absolute Gasteiger partial charge is 0.224 e. The van der Waals surface area contributed by atoms with Gasteiger partial charge in [0.25, 0.3) is 0 Å². The molecule has 0 unspecified atom stereocenters. The maximum atomic E-state index is 6.91. The minimum atomic E-state index is 0.149. The first-order chi connectivity index (χ1) is 12.6. The lowest BCUT2D eigenvalue weighted by Gasteiger charge is -2.08. The van der Waals surface area contributed by atoms with Crippen LogP contribution in [0.5, 0.6) is 11.6 Å². The number of nitrogens with one attached hydrogen (secondary N) is 1. The molecule has 6 nitrogen and oxygen atoms in total. The first kappa shape index (κ1) is 17.9. The molecule has 0 spiro atoms. The Bertz CT molecular complexity index is 924. The summed E-state index contributed by atoms with van der Waals surface area (Å²) in [5.74, 6) is 1.64. The van der Waals surface area contributed by atoms with Crippen LogP contribution in [0.15, 0.2) is 48.8 Å². The van der Waals surface area contributed by atoms with Gasteiger partial charge in [-0.1, -0.05) is 23.7 Å². The van der Waals surface area contributed by atoms with Gasteiger partial charge in [-0.15, -0.1) is 0 Å². The first-order valence-electron chi connectivity index (χ1n) is 7.66. The van der Waals surface area contributed by atoms with E-state index >= 15 is 0 Å². The van der Waals surface area contributed by atoms with Crippen LogP contribution < -0.4 is 10.1 Å². The van der Waals surface area contributed by atoms with Crippen LogP contribution in [0.3, 0.4) is 0 Å². The highest BCUT2D eigenvalue weighted by molar-refractivity contribution is 6.33. The molecule has 0 fully saturated rings. The minimum absolute atomic E-state index is 0.149. The van der Waals surface area contributed by atoms with E-state index in [4.69, 9.17) is 34.5 Å². The number of ether oxygens (including phenoxy) is 1. The van der Waals surface area contributed by atoms with E-state index in [1.165, 1.54) is 12.4 Å². The van der Waals surface area contributed by atoms with Crippen molar-refractivity contribution in [3.63, 3.8) is 0 Å². The molecule has 1 aromatic carbocycles. The predicted molar refractivity (Wildman–Crippen MR) is 101 cm³/mol. The molecule has 0 saturated carbocycles. The second-order valence-corrected chi connectivity index (χ2v) is 5.97. The summed E-state index contributed by atoms with van der Waals surface area (Å²) in [6.07, 6.45) is 3.72. The number of pyridine rings is 1. The van der Waals surface area contributed by atoms with Crippen molar-refractivity contribution in [2.75, 3.05) is 11.9 Å². The normalized spacial score (nSPS) is 10.2. The Morgan fingerprint density at radius 2 is 1.85 bits per heavy atom. The summed E-state index contributed by atoms with van der Waals surface area (Å²) < 4.78 is 5.66. The molecule has 0 saturated heterocycles. The van der Waals surface area contributed by atoms with Gasteiger partial charge in [0.2, 0.25) is 16.9 Å². The standard InChI is InChI=1S/C18H13Cl2N5O/c1-21-13-4-7-16(23-10-13)26-14-5-2-12(3-6-14)8-9-22-17-15(19)11-24-18(20)25-17/h2-7,10-11H,8-9H2,(H,22,24,25). The molecule has 0 radical (unpaired) electrons. The van der Waals surface area contributed by atoms with Gasteiger partial charge in [-0.25, -0.2) is 14.8 Å².